The number of thiol groups is 1. The lowest BCUT2D eigenvalue weighted by molar-refractivity contribution is 0.0953. The van der Waals surface area contributed by atoms with E-state index >= 15 is 0 Å². The highest BCUT2D eigenvalue weighted by atomic mass is 32.1. The monoisotopic (exact) mass is 249 g/mol. The van der Waals surface area contributed by atoms with Gasteiger partial charge in [0, 0.05) is 23.4 Å². The summed E-state index contributed by atoms with van der Waals surface area (Å²) < 4.78 is 4.82. The second-order valence-electron chi connectivity index (χ2n) is 3.39. The first-order chi connectivity index (χ1) is 8.25. The van der Waals surface area contributed by atoms with Crippen LogP contribution in [0.3, 0.4) is 0 Å². The SMILES string of the molecule is O=C(NCCc1ncno1)c1cccc(S)c1. The number of hydrogen-bond acceptors (Lipinski definition) is 5. The maximum atomic E-state index is 11.7. The van der Waals surface area contributed by atoms with E-state index in [-0.39, 0.29) is 5.91 Å². The van der Waals surface area contributed by atoms with E-state index in [4.69, 9.17) is 4.52 Å². The Morgan fingerprint density at radius 3 is 3.06 bits per heavy atom. The third-order valence-electron chi connectivity index (χ3n) is 2.14. The van der Waals surface area contributed by atoms with Crippen molar-refractivity contribution in [2.24, 2.45) is 0 Å². The second kappa shape index (κ2) is 5.49. The minimum atomic E-state index is -0.139. The highest BCUT2D eigenvalue weighted by Gasteiger charge is 2.05. The van der Waals surface area contributed by atoms with Crippen LogP contribution in [0.25, 0.3) is 0 Å². The van der Waals surface area contributed by atoms with Crippen LogP contribution in [0.4, 0.5) is 0 Å². The topological polar surface area (TPSA) is 68.0 Å². The van der Waals surface area contributed by atoms with Gasteiger partial charge in [0.2, 0.25) is 5.89 Å². The van der Waals surface area contributed by atoms with Crippen LogP contribution in [0.2, 0.25) is 0 Å². The summed E-state index contributed by atoms with van der Waals surface area (Å²) in [6, 6.07) is 7.06. The Balaban J connectivity index is 1.85. The smallest absolute Gasteiger partial charge is 0.251 e. The molecule has 1 aromatic carbocycles. The number of rotatable bonds is 4. The number of amides is 1. The van der Waals surface area contributed by atoms with E-state index in [1.165, 1.54) is 6.33 Å². The van der Waals surface area contributed by atoms with Crippen molar-refractivity contribution in [3.8, 4) is 0 Å². The molecule has 0 fully saturated rings. The molecule has 0 bridgehead atoms. The van der Waals surface area contributed by atoms with Crippen molar-refractivity contribution in [1.29, 1.82) is 0 Å². The number of carbonyl (C=O) groups is 1. The minimum absolute atomic E-state index is 0.139. The molecule has 2 rings (SSSR count). The van der Waals surface area contributed by atoms with Crippen molar-refractivity contribution in [3.63, 3.8) is 0 Å². The van der Waals surface area contributed by atoms with Gasteiger partial charge in [-0.25, -0.2) is 0 Å². The molecular formula is C11H11N3O2S. The van der Waals surface area contributed by atoms with Gasteiger partial charge in [-0.05, 0) is 18.2 Å². The third kappa shape index (κ3) is 3.32. The van der Waals surface area contributed by atoms with Crippen LogP contribution in [0, 0.1) is 0 Å². The highest BCUT2D eigenvalue weighted by molar-refractivity contribution is 7.80. The Kier molecular flexibility index (Phi) is 3.77. The van der Waals surface area contributed by atoms with Gasteiger partial charge in [0.25, 0.3) is 5.91 Å². The molecule has 0 saturated heterocycles. The summed E-state index contributed by atoms with van der Waals surface area (Å²) in [6.07, 6.45) is 1.85. The van der Waals surface area contributed by atoms with Crippen LogP contribution in [0.1, 0.15) is 16.2 Å². The lowest BCUT2D eigenvalue weighted by atomic mass is 10.2. The van der Waals surface area contributed by atoms with Crippen molar-refractivity contribution in [1.82, 2.24) is 15.5 Å². The number of aromatic nitrogens is 2. The summed E-state index contributed by atoms with van der Waals surface area (Å²) in [7, 11) is 0. The number of nitrogens with one attached hydrogen (secondary N) is 1. The highest BCUT2D eigenvalue weighted by Crippen LogP contribution is 2.08. The Hall–Kier alpha value is -1.82. The van der Waals surface area contributed by atoms with Gasteiger partial charge in [-0.1, -0.05) is 11.2 Å². The maximum Gasteiger partial charge on any atom is 0.251 e. The van der Waals surface area contributed by atoms with Gasteiger partial charge in [0.1, 0.15) is 0 Å². The van der Waals surface area contributed by atoms with Gasteiger partial charge in [-0.2, -0.15) is 4.98 Å². The Bertz CT molecular complexity index is 499. The minimum Gasteiger partial charge on any atom is -0.352 e. The second-order valence-corrected chi connectivity index (χ2v) is 3.91. The lowest BCUT2D eigenvalue weighted by Gasteiger charge is -2.03. The van der Waals surface area contributed by atoms with Crippen molar-refractivity contribution < 1.29 is 9.32 Å². The standard InChI is InChI=1S/C11H11N3O2S/c15-11(8-2-1-3-9(17)6-8)12-5-4-10-13-7-14-16-10/h1-3,6-7,17H,4-5H2,(H,12,15). The zero-order valence-electron chi connectivity index (χ0n) is 8.96. The molecule has 1 aromatic heterocycles. The van der Waals surface area contributed by atoms with Crippen molar-refractivity contribution >= 4 is 18.5 Å². The van der Waals surface area contributed by atoms with Gasteiger partial charge in [-0.3, -0.25) is 4.79 Å². The summed E-state index contributed by atoms with van der Waals surface area (Å²) in [4.78, 5) is 16.3. The van der Waals surface area contributed by atoms with Crippen LogP contribution < -0.4 is 5.32 Å². The first-order valence-electron chi connectivity index (χ1n) is 5.08. The van der Waals surface area contributed by atoms with Crippen LogP contribution in [-0.2, 0) is 6.42 Å². The fraction of sp³-hybridized carbons (Fsp3) is 0.182. The Morgan fingerprint density at radius 1 is 1.47 bits per heavy atom. The van der Waals surface area contributed by atoms with Gasteiger partial charge in [-0.15, -0.1) is 12.6 Å². The summed E-state index contributed by atoms with van der Waals surface area (Å²) in [5.41, 5.74) is 0.586. The maximum absolute atomic E-state index is 11.7. The fourth-order valence-corrected chi connectivity index (χ4v) is 1.56. The molecule has 0 spiro atoms. The molecule has 2 aromatic rings. The largest absolute Gasteiger partial charge is 0.352 e. The molecule has 1 amide bonds. The normalized spacial score (nSPS) is 10.2. The van der Waals surface area contributed by atoms with Crippen LogP contribution in [0.15, 0.2) is 40.0 Å². The molecule has 5 nitrogen and oxygen atoms in total. The molecule has 0 saturated carbocycles. The first-order valence-corrected chi connectivity index (χ1v) is 5.53. The average molecular weight is 249 g/mol. The van der Waals surface area contributed by atoms with Crippen molar-refractivity contribution in [2.75, 3.05) is 6.54 Å². The molecule has 1 N–H and O–H groups in total. The third-order valence-corrected chi connectivity index (χ3v) is 2.42. The molecule has 88 valence electrons. The summed E-state index contributed by atoms with van der Waals surface area (Å²) in [5, 5.41) is 6.24. The van der Waals surface area contributed by atoms with E-state index in [1.54, 1.807) is 18.2 Å². The number of nitrogens with zero attached hydrogens (tertiary/aromatic N) is 2. The van der Waals surface area contributed by atoms with Crippen LogP contribution in [-0.4, -0.2) is 22.6 Å². The van der Waals surface area contributed by atoms with E-state index in [9.17, 15) is 4.79 Å². The van der Waals surface area contributed by atoms with E-state index in [2.05, 4.69) is 28.1 Å². The number of hydrogen-bond donors (Lipinski definition) is 2. The van der Waals surface area contributed by atoms with Gasteiger partial charge in [0.05, 0.1) is 0 Å². The summed E-state index contributed by atoms with van der Waals surface area (Å²) in [6.45, 7) is 0.456. The van der Waals surface area contributed by atoms with Gasteiger partial charge >= 0.3 is 0 Å². The van der Waals surface area contributed by atoms with Crippen LogP contribution >= 0.6 is 12.6 Å². The Labute approximate surface area is 104 Å². The van der Waals surface area contributed by atoms with E-state index < -0.39 is 0 Å². The zero-order chi connectivity index (χ0) is 12.1. The molecular weight excluding hydrogens is 238 g/mol. The molecule has 0 aliphatic heterocycles. The molecule has 0 aliphatic carbocycles. The summed E-state index contributed by atoms with van der Waals surface area (Å²) in [5.74, 6) is 0.369. The molecule has 17 heavy (non-hydrogen) atoms. The molecule has 0 unspecified atom stereocenters. The molecule has 6 heteroatoms. The fourth-order valence-electron chi connectivity index (χ4n) is 1.34. The van der Waals surface area contributed by atoms with E-state index in [0.717, 1.165) is 4.90 Å². The first kappa shape index (κ1) is 11.7. The molecule has 0 radical (unpaired) electrons. The summed E-state index contributed by atoms with van der Waals surface area (Å²) >= 11 is 4.18. The molecule has 0 atom stereocenters. The molecule has 1 heterocycles. The lowest BCUT2D eigenvalue weighted by Crippen LogP contribution is -2.25. The van der Waals surface area contributed by atoms with E-state index in [0.29, 0.717) is 24.4 Å². The van der Waals surface area contributed by atoms with Crippen LogP contribution in [0.5, 0.6) is 0 Å². The predicted molar refractivity (Wildman–Crippen MR) is 64.0 cm³/mol. The van der Waals surface area contributed by atoms with Gasteiger partial charge < -0.3 is 9.84 Å². The number of benzene rings is 1. The Morgan fingerprint density at radius 2 is 2.35 bits per heavy atom. The number of carbonyl (C=O) groups excluding carboxylic acids is 1. The molecule has 0 aliphatic rings. The van der Waals surface area contributed by atoms with E-state index in [1.807, 2.05) is 6.07 Å². The van der Waals surface area contributed by atoms with Crippen molar-refractivity contribution in [2.45, 2.75) is 11.3 Å². The quantitative estimate of drug-likeness (QED) is 0.802. The average Bonchev–Trinajstić information content (AvgIpc) is 2.82. The zero-order valence-corrected chi connectivity index (χ0v) is 9.85. The van der Waals surface area contributed by atoms with Crippen molar-refractivity contribution in [3.05, 3.63) is 42.0 Å². The predicted octanol–water partition coefficient (Wildman–Crippen LogP) is 1.33. The van der Waals surface area contributed by atoms with Gasteiger partial charge in [0.15, 0.2) is 6.33 Å².